The third kappa shape index (κ3) is 21.4. The van der Waals surface area contributed by atoms with Crippen LogP contribution < -0.4 is 16.0 Å². The van der Waals surface area contributed by atoms with Crippen molar-refractivity contribution in [2.45, 2.75) is 109 Å². The van der Waals surface area contributed by atoms with Gasteiger partial charge in [-0.15, -0.1) is 0 Å². The molecule has 0 aliphatic heterocycles. The summed E-state index contributed by atoms with van der Waals surface area (Å²) in [7, 11) is 2.20. The van der Waals surface area contributed by atoms with Crippen LogP contribution in [0.2, 0.25) is 0 Å². The number of nitrogens with zero attached hydrogens (tertiary/aromatic N) is 9. The second-order valence-corrected chi connectivity index (χ2v) is 34.2. The average Bonchev–Trinajstić information content (AvgIpc) is 0.769. The summed E-state index contributed by atoms with van der Waals surface area (Å²) >= 11 is 10.9. The Balaban J connectivity index is 0.000000139. The Morgan fingerprint density at radius 1 is 0.381 bits per heavy atom. The molecule has 11 aromatic carbocycles. The highest BCUT2D eigenvalue weighted by atomic mass is 79.9. The first-order valence-corrected chi connectivity index (χ1v) is 43.6. The molecule has 13 nitrogen and oxygen atoms in total. The molecular weight excluding hydrogens is 1650 g/mol. The highest BCUT2D eigenvalue weighted by Crippen LogP contribution is 2.46. The quantitative estimate of drug-likeness (QED) is 0.0388. The van der Waals surface area contributed by atoms with E-state index >= 15 is 0 Å². The van der Waals surface area contributed by atoms with E-state index in [1.54, 1.807) is 0 Å². The summed E-state index contributed by atoms with van der Waals surface area (Å²) in [5.41, 5.74) is 27.5. The van der Waals surface area contributed by atoms with E-state index in [9.17, 15) is 5.11 Å². The molecule has 0 spiro atoms. The van der Waals surface area contributed by atoms with E-state index < -0.39 is 0 Å². The number of aromatic nitrogens is 6. The van der Waals surface area contributed by atoms with Gasteiger partial charge in [-0.1, -0.05) is 261 Å². The van der Waals surface area contributed by atoms with Crippen molar-refractivity contribution >= 4 is 82.7 Å². The fourth-order valence-corrected chi connectivity index (χ4v) is 17.7. The Morgan fingerprint density at radius 3 is 1.06 bits per heavy atom. The highest BCUT2D eigenvalue weighted by Gasteiger charge is 2.31. The summed E-state index contributed by atoms with van der Waals surface area (Å²) in [6.45, 7) is 15.2. The fourth-order valence-electron chi connectivity index (χ4n) is 16.5. The van der Waals surface area contributed by atoms with Crippen LogP contribution in [0.25, 0.3) is 33.8 Å². The molecule has 0 radical (unpaired) electrons. The molecule has 0 saturated carbocycles. The lowest BCUT2D eigenvalue weighted by Crippen LogP contribution is -2.32. The lowest BCUT2D eigenvalue weighted by Gasteiger charge is -2.27. The Bertz CT molecular complexity index is 5660. The highest BCUT2D eigenvalue weighted by molar-refractivity contribution is 9.11. The van der Waals surface area contributed by atoms with Gasteiger partial charge in [0.2, 0.25) is 17.8 Å². The first-order chi connectivity index (χ1) is 57.6. The van der Waals surface area contributed by atoms with Crippen LogP contribution >= 0.6 is 47.8 Å². The summed E-state index contributed by atoms with van der Waals surface area (Å²) in [4.78, 5) is 36.2. The number of aliphatic hydroxyl groups excluding tert-OH is 1. The second kappa shape index (κ2) is 39.7. The van der Waals surface area contributed by atoms with Crippen LogP contribution in [0.4, 0.5) is 34.9 Å². The van der Waals surface area contributed by atoms with Crippen LogP contribution in [0.15, 0.2) is 311 Å². The van der Waals surface area contributed by atoms with Gasteiger partial charge < -0.3 is 30.9 Å². The van der Waals surface area contributed by atoms with Crippen molar-refractivity contribution in [2.75, 3.05) is 62.3 Å². The number of benzene rings is 11. The first-order valence-electron chi connectivity index (χ1n) is 41.3. The lowest BCUT2D eigenvalue weighted by molar-refractivity contribution is 0.123. The van der Waals surface area contributed by atoms with Crippen LogP contribution in [-0.2, 0) is 51.5 Å². The molecule has 596 valence electrons. The van der Waals surface area contributed by atoms with E-state index in [2.05, 4.69) is 384 Å². The van der Waals surface area contributed by atoms with Crippen molar-refractivity contribution in [1.82, 2.24) is 44.6 Å². The number of halogens is 3. The van der Waals surface area contributed by atoms with Gasteiger partial charge in [0, 0.05) is 129 Å². The van der Waals surface area contributed by atoms with Crippen LogP contribution in [0.1, 0.15) is 123 Å². The minimum atomic E-state index is -0.365. The Hall–Kier alpha value is -10.7. The largest absolute Gasteiger partial charge is 0.392 e. The summed E-state index contributed by atoms with van der Waals surface area (Å²) in [6.07, 6.45) is 12.3. The number of anilines is 6. The zero-order valence-corrected chi connectivity index (χ0v) is 72.4. The molecule has 16 heteroatoms. The van der Waals surface area contributed by atoms with E-state index in [0.717, 1.165) is 137 Å². The molecule has 4 N–H and O–H groups in total. The van der Waals surface area contributed by atoms with Crippen molar-refractivity contribution in [3.8, 4) is 33.8 Å². The van der Waals surface area contributed by atoms with E-state index in [0.29, 0.717) is 36.3 Å². The molecule has 4 atom stereocenters. The SMILES string of the molecule is CC(O)CN(CCc1ccc(Nc2ncc3c(n2)-c2ccccc2C(c2cccc(Br)c2)C3)cc1)Cc1ccccc1.CCN(CCc1ccc(Nc2ncc3c(n2)-c2ccccc2C(c2cccc(Br)c2)C3)cc1)C(C)C.CN(CCc1ccccc1)CCc1ccc(Nc2ncc3c(n2)-c2ccccc2C(c2cccc(Br)c2)C3)cc1. The third-order valence-corrected chi connectivity index (χ3v) is 24.2. The van der Waals surface area contributed by atoms with Crippen molar-refractivity contribution in [2.24, 2.45) is 0 Å². The normalized spacial score (nSPS) is 14.4. The van der Waals surface area contributed by atoms with Crippen molar-refractivity contribution in [3.05, 3.63) is 389 Å². The number of likely N-dealkylation sites (N-methyl/N-ethyl adjacent to an activating group) is 2. The van der Waals surface area contributed by atoms with E-state index in [4.69, 9.17) is 24.9 Å². The predicted octanol–water partition coefficient (Wildman–Crippen LogP) is 23.4. The number of fused-ring (bicyclic) bond motifs is 9. The maximum atomic E-state index is 10.0. The number of hydrogen-bond donors (Lipinski definition) is 4. The summed E-state index contributed by atoms with van der Waals surface area (Å²) in [5.74, 6) is 2.71. The van der Waals surface area contributed by atoms with Gasteiger partial charge in [-0.3, -0.25) is 4.90 Å². The molecule has 3 aromatic heterocycles. The standard InChI is InChI=1S/C36H35BrN4O.C35H33BrN4.C31H33BrN4/c1-25(42)23-41(24-27-8-3-2-4-9-27)19-18-26-14-16-31(17-15-26)39-36-38-22-29-21-34(28-10-7-11-30(37)20-28)32-12-5-6-13-33(32)35(29)40-36;1-40(20-18-25-8-3-2-4-9-25)21-19-26-14-16-30(17-15-26)38-35-37-24-28-23-33(27-10-7-11-29(36)22-27)31-12-5-6-13-32(31)34(28)39-35;1-4-36(21(2)3)17-16-22-12-14-26(15-13-22)34-31-33-20-24-19-29(23-8-7-9-25(32)18-23)27-10-5-6-11-28(27)30(24)35-31/h2-17,20,22,25,34,42H,18-19,21,23-24H2,1H3,(H,38,39,40);2-17,22,24,33H,18-21,23H2,1H3,(H,37,38,39);5-15,18,20-21,29H,4,16-17,19H2,1-3H3,(H,33,34,35). The van der Waals surface area contributed by atoms with E-state index in [-0.39, 0.29) is 17.9 Å². The van der Waals surface area contributed by atoms with Gasteiger partial charge in [0.15, 0.2) is 0 Å². The van der Waals surface area contributed by atoms with Gasteiger partial charge in [-0.05, 0) is 230 Å². The predicted molar refractivity (Wildman–Crippen MR) is 495 cm³/mol. The van der Waals surface area contributed by atoms with Crippen molar-refractivity contribution < 1.29 is 5.11 Å². The van der Waals surface area contributed by atoms with Gasteiger partial charge in [0.05, 0.1) is 23.2 Å². The monoisotopic (exact) mass is 1750 g/mol. The minimum Gasteiger partial charge on any atom is -0.392 e. The minimum absolute atomic E-state index is 0.269. The number of hydrogen-bond acceptors (Lipinski definition) is 13. The average molecular weight is 1750 g/mol. The van der Waals surface area contributed by atoms with E-state index in [1.807, 2.05) is 31.6 Å². The zero-order valence-electron chi connectivity index (χ0n) is 67.7. The molecule has 17 rings (SSSR count). The van der Waals surface area contributed by atoms with Gasteiger partial charge in [-0.25, -0.2) is 29.9 Å². The molecular formula is C102H101Br3N12O. The third-order valence-electron chi connectivity index (χ3n) is 22.7. The Kier molecular flexibility index (Phi) is 27.8. The molecule has 3 aliphatic rings. The first kappa shape index (κ1) is 82.4. The molecule has 3 heterocycles. The summed E-state index contributed by atoms with van der Waals surface area (Å²) < 4.78 is 3.30. The topological polar surface area (TPSA) is 143 Å². The molecule has 3 aliphatic carbocycles. The molecule has 14 aromatic rings. The lowest BCUT2D eigenvalue weighted by atomic mass is 9.78. The van der Waals surface area contributed by atoms with Crippen molar-refractivity contribution in [3.63, 3.8) is 0 Å². The summed E-state index contributed by atoms with van der Waals surface area (Å²) in [5, 5.41) is 20.3. The molecule has 0 amide bonds. The zero-order chi connectivity index (χ0) is 81.3. The van der Waals surface area contributed by atoms with Crippen LogP contribution in [0.5, 0.6) is 0 Å². The molecule has 118 heavy (non-hydrogen) atoms. The fraction of sp³-hybridized carbons (Fsp3) is 0.235. The summed E-state index contributed by atoms with van der Waals surface area (Å²) in [6, 6.07) is 99.1. The molecule has 0 saturated heterocycles. The molecule has 0 bridgehead atoms. The van der Waals surface area contributed by atoms with Crippen LogP contribution in [-0.4, -0.2) is 108 Å². The van der Waals surface area contributed by atoms with Crippen molar-refractivity contribution in [1.29, 1.82) is 0 Å². The number of nitrogens with one attached hydrogen (secondary N) is 3. The van der Waals surface area contributed by atoms with Gasteiger partial charge >= 0.3 is 0 Å². The maximum absolute atomic E-state index is 10.0. The Labute approximate surface area is 721 Å². The van der Waals surface area contributed by atoms with Crippen LogP contribution in [0, 0.1) is 0 Å². The van der Waals surface area contributed by atoms with E-state index in [1.165, 1.54) is 89.0 Å². The van der Waals surface area contributed by atoms with Gasteiger partial charge in [0.25, 0.3) is 0 Å². The van der Waals surface area contributed by atoms with Gasteiger partial charge in [0.1, 0.15) is 0 Å². The Morgan fingerprint density at radius 2 is 0.712 bits per heavy atom. The number of rotatable bonds is 27. The molecule has 0 fully saturated rings. The van der Waals surface area contributed by atoms with Gasteiger partial charge in [-0.2, -0.15) is 0 Å². The smallest absolute Gasteiger partial charge is 0.227 e. The maximum Gasteiger partial charge on any atom is 0.227 e. The van der Waals surface area contributed by atoms with Crippen LogP contribution in [0.3, 0.4) is 0 Å². The molecule has 4 unspecified atom stereocenters. The second-order valence-electron chi connectivity index (χ2n) is 31.4. The number of aliphatic hydroxyl groups is 1.